The molecule has 25 heavy (non-hydrogen) atoms. The van der Waals surface area contributed by atoms with E-state index in [0.29, 0.717) is 12.8 Å². The van der Waals surface area contributed by atoms with Crippen molar-refractivity contribution in [1.29, 1.82) is 0 Å². The quantitative estimate of drug-likeness (QED) is 0.461. The number of cyclic esters (lactones) is 1. The van der Waals surface area contributed by atoms with Crippen LogP contribution in [-0.2, 0) is 14.3 Å². The molecule has 0 aliphatic carbocycles. The van der Waals surface area contributed by atoms with Crippen LogP contribution in [0.1, 0.15) is 64.7 Å². The molecule has 2 heterocycles. The maximum absolute atomic E-state index is 12.0. The van der Waals surface area contributed by atoms with Crippen molar-refractivity contribution in [2.75, 3.05) is 0 Å². The van der Waals surface area contributed by atoms with E-state index in [0.717, 1.165) is 38.5 Å². The zero-order chi connectivity index (χ0) is 18.1. The van der Waals surface area contributed by atoms with E-state index in [2.05, 4.69) is 6.92 Å². The number of esters is 1. The Morgan fingerprint density at radius 1 is 1.20 bits per heavy atom. The highest BCUT2D eigenvalue weighted by Gasteiger charge is 2.35. The van der Waals surface area contributed by atoms with Gasteiger partial charge >= 0.3 is 5.97 Å². The van der Waals surface area contributed by atoms with E-state index in [1.807, 2.05) is 24.3 Å². The molecular formula is C20H32O5. The van der Waals surface area contributed by atoms with E-state index in [9.17, 15) is 15.0 Å². The molecule has 2 N–H and O–H groups in total. The number of ether oxygens (including phenoxy) is 2. The van der Waals surface area contributed by atoms with Crippen LogP contribution in [0, 0.1) is 5.92 Å². The van der Waals surface area contributed by atoms with Crippen molar-refractivity contribution in [1.82, 2.24) is 0 Å². The average Bonchev–Trinajstić information content (AvgIpc) is 2.58. The number of rotatable bonds is 4. The van der Waals surface area contributed by atoms with Gasteiger partial charge in [-0.05, 0) is 38.2 Å². The number of carbonyl (C=O) groups is 1. The largest absolute Gasteiger partial charge is 0.458 e. The molecular weight excluding hydrogens is 320 g/mol. The first-order chi connectivity index (χ1) is 12.1. The first kappa shape index (κ1) is 20.1. The van der Waals surface area contributed by atoms with Crippen LogP contribution in [0.25, 0.3) is 0 Å². The number of fused-ring (bicyclic) bond motifs is 1. The maximum atomic E-state index is 12.0. The second-order valence-electron chi connectivity index (χ2n) is 7.03. The summed E-state index contributed by atoms with van der Waals surface area (Å²) in [6, 6.07) is 0. The van der Waals surface area contributed by atoms with Crippen molar-refractivity contribution < 1.29 is 24.5 Å². The van der Waals surface area contributed by atoms with Gasteiger partial charge in [-0.25, -0.2) is 0 Å². The van der Waals surface area contributed by atoms with Crippen LogP contribution in [0.15, 0.2) is 24.3 Å². The lowest BCUT2D eigenvalue weighted by molar-refractivity contribution is -0.199. The molecule has 0 aromatic rings. The van der Waals surface area contributed by atoms with Gasteiger partial charge in [-0.15, -0.1) is 0 Å². The monoisotopic (exact) mass is 352 g/mol. The van der Waals surface area contributed by atoms with E-state index >= 15 is 0 Å². The Morgan fingerprint density at radius 3 is 2.84 bits per heavy atom. The highest BCUT2D eigenvalue weighted by atomic mass is 16.6. The Labute approximate surface area is 150 Å². The zero-order valence-corrected chi connectivity index (χ0v) is 15.2. The molecule has 5 nitrogen and oxygen atoms in total. The van der Waals surface area contributed by atoms with Gasteiger partial charge in [0, 0.05) is 18.8 Å². The second kappa shape index (κ2) is 10.7. The summed E-state index contributed by atoms with van der Waals surface area (Å²) in [6.07, 6.45) is 12.5. The number of aliphatic hydroxyl groups is 2. The Kier molecular flexibility index (Phi) is 8.65. The van der Waals surface area contributed by atoms with Crippen molar-refractivity contribution in [3.8, 4) is 0 Å². The molecule has 5 heteroatoms. The van der Waals surface area contributed by atoms with Gasteiger partial charge < -0.3 is 19.7 Å². The third-order valence-corrected chi connectivity index (χ3v) is 4.89. The van der Waals surface area contributed by atoms with Crippen LogP contribution in [0.3, 0.4) is 0 Å². The summed E-state index contributed by atoms with van der Waals surface area (Å²) in [5, 5.41) is 20.1. The van der Waals surface area contributed by atoms with Crippen LogP contribution in [0.5, 0.6) is 0 Å². The van der Waals surface area contributed by atoms with E-state index in [1.165, 1.54) is 0 Å². The third kappa shape index (κ3) is 6.92. The van der Waals surface area contributed by atoms with Gasteiger partial charge in [0.15, 0.2) is 6.29 Å². The van der Waals surface area contributed by atoms with E-state index in [1.54, 1.807) is 0 Å². The van der Waals surface area contributed by atoms with Gasteiger partial charge in [-0.2, -0.15) is 0 Å². The molecule has 0 bridgehead atoms. The van der Waals surface area contributed by atoms with Gasteiger partial charge in [-0.1, -0.05) is 38.0 Å². The maximum Gasteiger partial charge on any atom is 0.306 e. The second-order valence-corrected chi connectivity index (χ2v) is 7.03. The minimum absolute atomic E-state index is 0.0938. The molecule has 0 saturated carbocycles. The zero-order valence-electron chi connectivity index (χ0n) is 15.2. The third-order valence-electron chi connectivity index (χ3n) is 4.89. The molecule has 1 unspecified atom stereocenters. The lowest BCUT2D eigenvalue weighted by Gasteiger charge is -2.36. The van der Waals surface area contributed by atoms with Crippen molar-refractivity contribution in [3.05, 3.63) is 24.3 Å². The Balaban J connectivity index is 2.12. The molecule has 0 radical (unpaired) electrons. The summed E-state index contributed by atoms with van der Waals surface area (Å²) in [4.78, 5) is 12.0. The fraction of sp³-hybridized carbons (Fsp3) is 0.750. The minimum atomic E-state index is -0.957. The number of carbonyl (C=O) groups excluding carboxylic acids is 1. The molecule has 142 valence electrons. The summed E-state index contributed by atoms with van der Waals surface area (Å²) < 4.78 is 11.2. The number of hydrogen-bond acceptors (Lipinski definition) is 5. The number of unbranched alkanes of at least 4 members (excludes halogenated alkanes) is 2. The van der Waals surface area contributed by atoms with Crippen molar-refractivity contribution in [3.63, 3.8) is 0 Å². The highest BCUT2D eigenvalue weighted by molar-refractivity contribution is 5.69. The van der Waals surface area contributed by atoms with Crippen molar-refractivity contribution in [2.24, 2.45) is 5.92 Å². The summed E-state index contributed by atoms with van der Waals surface area (Å²) in [5.74, 6) is -0.261. The Morgan fingerprint density at radius 2 is 2.04 bits per heavy atom. The first-order valence-corrected chi connectivity index (χ1v) is 9.64. The number of allylic oxidation sites excluding steroid dienone is 2. The molecule has 2 rings (SSSR count). The average molecular weight is 352 g/mol. The topological polar surface area (TPSA) is 76.0 Å². The van der Waals surface area contributed by atoms with E-state index in [-0.39, 0.29) is 30.5 Å². The molecule has 0 aromatic heterocycles. The Hall–Kier alpha value is -1.17. The van der Waals surface area contributed by atoms with Crippen LogP contribution in [-0.4, -0.2) is 40.8 Å². The van der Waals surface area contributed by atoms with Gasteiger partial charge in [0.2, 0.25) is 0 Å². The fourth-order valence-corrected chi connectivity index (χ4v) is 3.40. The van der Waals surface area contributed by atoms with Gasteiger partial charge in [0.25, 0.3) is 0 Å². The van der Waals surface area contributed by atoms with Crippen LogP contribution < -0.4 is 0 Å². The molecule has 0 aromatic carbocycles. The summed E-state index contributed by atoms with van der Waals surface area (Å²) in [6.45, 7) is 2.14. The van der Waals surface area contributed by atoms with E-state index in [4.69, 9.17) is 9.47 Å². The molecule has 1 saturated heterocycles. The number of hydrogen-bond donors (Lipinski definition) is 2. The highest BCUT2D eigenvalue weighted by Crippen LogP contribution is 2.29. The van der Waals surface area contributed by atoms with Crippen LogP contribution in [0.2, 0.25) is 0 Å². The summed E-state index contributed by atoms with van der Waals surface area (Å²) in [5.41, 5.74) is 0. The van der Waals surface area contributed by atoms with Gasteiger partial charge in [0.1, 0.15) is 6.10 Å². The summed E-state index contributed by atoms with van der Waals surface area (Å²) in [7, 11) is 0. The van der Waals surface area contributed by atoms with Crippen molar-refractivity contribution >= 4 is 5.97 Å². The molecule has 0 amide bonds. The predicted molar refractivity (Wildman–Crippen MR) is 95.8 cm³/mol. The fourth-order valence-electron chi connectivity index (χ4n) is 3.40. The molecule has 5 atom stereocenters. The van der Waals surface area contributed by atoms with Crippen LogP contribution in [0.4, 0.5) is 0 Å². The molecule has 1 fully saturated rings. The predicted octanol–water partition coefficient (Wildman–Crippen LogP) is 3.25. The van der Waals surface area contributed by atoms with E-state index < -0.39 is 12.4 Å². The minimum Gasteiger partial charge on any atom is -0.458 e. The SMILES string of the molecule is CCCCC[C@H]1/C=C/[C@H]2OC(O)C[C@H](O)[C@@H]2C/C=C\CCCC(=O)O1. The van der Waals surface area contributed by atoms with Crippen molar-refractivity contribution in [2.45, 2.75) is 89.3 Å². The molecule has 2 aliphatic heterocycles. The van der Waals surface area contributed by atoms with Gasteiger partial charge in [-0.3, -0.25) is 4.79 Å². The smallest absolute Gasteiger partial charge is 0.306 e. The standard InChI is InChI=1S/C20H32O5/c1-2-3-6-9-15-12-13-18-16(17(21)14-20(23)25-18)10-7-4-5-8-11-19(22)24-15/h4,7,12-13,15-18,20-21,23H,2-3,5-6,8-11,14H2,1H3/b7-4-,13-12+/t15-,16-,17-,18+,20?/m0/s1. The molecule has 2 aliphatic rings. The first-order valence-electron chi connectivity index (χ1n) is 9.64. The lowest BCUT2D eigenvalue weighted by Crippen LogP contribution is -2.43. The Bertz CT molecular complexity index is 459. The summed E-state index contributed by atoms with van der Waals surface area (Å²) >= 11 is 0. The molecule has 0 spiro atoms. The normalized spacial score (nSPS) is 36.9. The number of aliphatic hydroxyl groups excluding tert-OH is 2. The lowest BCUT2D eigenvalue weighted by atomic mass is 9.87. The van der Waals surface area contributed by atoms with Crippen LogP contribution >= 0.6 is 0 Å². The van der Waals surface area contributed by atoms with Gasteiger partial charge in [0.05, 0.1) is 12.2 Å².